The lowest BCUT2D eigenvalue weighted by molar-refractivity contribution is 0.0572. The normalized spacial score (nSPS) is 24.0. The molecule has 2 rings (SSSR count). The number of hydrogen-bond donors (Lipinski definition) is 3. The van der Waals surface area contributed by atoms with Gasteiger partial charge in [0.1, 0.15) is 5.75 Å². The zero-order chi connectivity index (χ0) is 12.6. The van der Waals surface area contributed by atoms with E-state index in [0.29, 0.717) is 25.2 Å². The fourth-order valence-corrected chi connectivity index (χ4v) is 2.02. The van der Waals surface area contributed by atoms with Crippen molar-refractivity contribution in [1.82, 2.24) is 4.90 Å². The molecule has 1 aliphatic heterocycles. The molecule has 1 aromatic rings. The number of phenols is 1. The number of carbonyl (C=O) groups excluding carboxylic acids is 1. The van der Waals surface area contributed by atoms with Gasteiger partial charge in [-0.2, -0.15) is 0 Å². The van der Waals surface area contributed by atoms with Gasteiger partial charge < -0.3 is 20.8 Å². The van der Waals surface area contributed by atoms with Crippen molar-refractivity contribution in [1.29, 1.82) is 0 Å². The third-order valence-corrected chi connectivity index (χ3v) is 3.01. The summed E-state index contributed by atoms with van der Waals surface area (Å²) in [5, 5.41) is 19.2. The molecule has 1 saturated heterocycles. The molecule has 0 bridgehead atoms. The van der Waals surface area contributed by atoms with Crippen LogP contribution in [0.1, 0.15) is 23.7 Å². The summed E-state index contributed by atoms with van der Waals surface area (Å²) < 4.78 is 0. The third-order valence-electron chi connectivity index (χ3n) is 3.01. The maximum Gasteiger partial charge on any atom is 0.256 e. The van der Waals surface area contributed by atoms with Crippen LogP contribution in [0.15, 0.2) is 18.2 Å². The van der Waals surface area contributed by atoms with Crippen molar-refractivity contribution in [3.8, 4) is 5.75 Å². The average Bonchev–Trinajstić information content (AvgIpc) is 2.61. The third kappa shape index (κ3) is 2.34. The lowest BCUT2D eigenvalue weighted by Gasteiger charge is -2.19. The van der Waals surface area contributed by atoms with Crippen molar-refractivity contribution < 1.29 is 15.0 Å². The number of benzene rings is 1. The number of likely N-dealkylation sites (tertiary alicyclic amines) is 1. The Bertz CT molecular complexity index is 457. The van der Waals surface area contributed by atoms with Gasteiger partial charge in [0.15, 0.2) is 0 Å². The van der Waals surface area contributed by atoms with E-state index in [2.05, 4.69) is 0 Å². The highest BCUT2D eigenvalue weighted by atomic mass is 16.3. The van der Waals surface area contributed by atoms with E-state index < -0.39 is 5.60 Å². The van der Waals surface area contributed by atoms with Crippen molar-refractivity contribution in [2.45, 2.75) is 18.9 Å². The molecule has 0 aliphatic carbocycles. The fraction of sp³-hybridized carbons (Fsp3) is 0.417. The predicted molar refractivity (Wildman–Crippen MR) is 63.7 cm³/mol. The van der Waals surface area contributed by atoms with Gasteiger partial charge in [-0.1, -0.05) is 0 Å². The number of hydrogen-bond acceptors (Lipinski definition) is 4. The number of aromatic hydroxyl groups is 1. The quantitative estimate of drug-likeness (QED) is 0.491. The van der Waals surface area contributed by atoms with Crippen molar-refractivity contribution in [3.63, 3.8) is 0 Å². The standard InChI is InChI=1S/C12H16N2O3/c1-12(17)4-5-14(7-12)11(16)9-6-8(15)2-3-10(9)13/h2-3,6,15,17H,4-5,7,13H2,1H3. The number of rotatable bonds is 1. The van der Waals surface area contributed by atoms with Gasteiger partial charge in [-0.05, 0) is 31.5 Å². The smallest absolute Gasteiger partial charge is 0.256 e. The van der Waals surface area contributed by atoms with Gasteiger partial charge in [0.2, 0.25) is 0 Å². The van der Waals surface area contributed by atoms with E-state index in [0.717, 1.165) is 0 Å². The Morgan fingerprint density at radius 2 is 2.24 bits per heavy atom. The first-order valence-electron chi connectivity index (χ1n) is 5.49. The molecule has 4 N–H and O–H groups in total. The van der Waals surface area contributed by atoms with Crippen LogP contribution in [0, 0.1) is 0 Å². The minimum Gasteiger partial charge on any atom is -0.508 e. The molecule has 1 atom stereocenters. The summed E-state index contributed by atoms with van der Waals surface area (Å²) >= 11 is 0. The van der Waals surface area contributed by atoms with Gasteiger partial charge in [-0.25, -0.2) is 0 Å². The van der Waals surface area contributed by atoms with Crippen LogP contribution in [0.25, 0.3) is 0 Å². The molecule has 92 valence electrons. The van der Waals surface area contributed by atoms with Gasteiger partial charge in [0, 0.05) is 18.8 Å². The van der Waals surface area contributed by atoms with Crippen molar-refractivity contribution in [3.05, 3.63) is 23.8 Å². The van der Waals surface area contributed by atoms with Crippen LogP contribution < -0.4 is 5.73 Å². The molecule has 1 aliphatic rings. The number of nitrogens with two attached hydrogens (primary N) is 1. The molecular weight excluding hydrogens is 220 g/mol. The van der Waals surface area contributed by atoms with E-state index in [4.69, 9.17) is 5.73 Å². The maximum atomic E-state index is 12.1. The summed E-state index contributed by atoms with van der Waals surface area (Å²) in [5.74, 6) is -0.246. The molecule has 5 heteroatoms. The highest BCUT2D eigenvalue weighted by molar-refractivity contribution is 5.99. The summed E-state index contributed by atoms with van der Waals surface area (Å²) in [5.41, 5.74) is 5.49. The summed E-state index contributed by atoms with van der Waals surface area (Å²) in [6, 6.07) is 4.29. The average molecular weight is 236 g/mol. The summed E-state index contributed by atoms with van der Waals surface area (Å²) in [7, 11) is 0. The first-order valence-corrected chi connectivity index (χ1v) is 5.49. The molecule has 1 heterocycles. The van der Waals surface area contributed by atoms with E-state index in [1.54, 1.807) is 11.8 Å². The number of nitrogen functional groups attached to an aromatic ring is 1. The number of phenolic OH excluding ortho intramolecular Hbond substituents is 1. The number of carbonyl (C=O) groups is 1. The van der Waals surface area contributed by atoms with Gasteiger partial charge in [0.25, 0.3) is 5.91 Å². The largest absolute Gasteiger partial charge is 0.508 e. The Kier molecular flexibility index (Phi) is 2.71. The van der Waals surface area contributed by atoms with Crippen LogP contribution in [-0.2, 0) is 0 Å². The van der Waals surface area contributed by atoms with Crippen LogP contribution >= 0.6 is 0 Å². The lowest BCUT2D eigenvalue weighted by atomic mass is 10.1. The molecule has 0 saturated carbocycles. The number of amides is 1. The van der Waals surface area contributed by atoms with Gasteiger partial charge in [-0.3, -0.25) is 4.79 Å². The SMILES string of the molecule is CC1(O)CCN(C(=O)c2cc(O)ccc2N)C1. The number of β-amino-alcohol motifs (C(OH)–C–C–N with tert-alkyl or cyclic N) is 1. The minimum absolute atomic E-state index is 0.00788. The molecule has 1 unspecified atom stereocenters. The highest BCUT2D eigenvalue weighted by Crippen LogP contribution is 2.25. The summed E-state index contributed by atoms with van der Waals surface area (Å²) in [6.45, 7) is 2.49. The zero-order valence-electron chi connectivity index (χ0n) is 9.68. The minimum atomic E-state index is -0.832. The second-order valence-electron chi connectivity index (χ2n) is 4.75. The lowest BCUT2D eigenvalue weighted by Crippen LogP contribution is -2.34. The molecule has 1 amide bonds. The number of aliphatic hydroxyl groups is 1. The Labute approximate surface area is 99.5 Å². The van der Waals surface area contributed by atoms with Gasteiger partial charge >= 0.3 is 0 Å². The van der Waals surface area contributed by atoms with Crippen LogP contribution in [-0.4, -0.2) is 39.7 Å². The van der Waals surface area contributed by atoms with Crippen LogP contribution in [0.4, 0.5) is 5.69 Å². The Balaban J connectivity index is 2.23. The van der Waals surface area contributed by atoms with E-state index in [1.165, 1.54) is 18.2 Å². The Morgan fingerprint density at radius 3 is 2.82 bits per heavy atom. The van der Waals surface area contributed by atoms with Crippen molar-refractivity contribution in [2.24, 2.45) is 0 Å². The molecule has 1 fully saturated rings. The van der Waals surface area contributed by atoms with Crippen LogP contribution in [0.2, 0.25) is 0 Å². The molecular formula is C12H16N2O3. The molecule has 0 aromatic heterocycles. The van der Waals surface area contributed by atoms with E-state index >= 15 is 0 Å². The highest BCUT2D eigenvalue weighted by Gasteiger charge is 2.34. The predicted octanol–water partition coefficient (Wildman–Crippen LogP) is 0.571. The second-order valence-corrected chi connectivity index (χ2v) is 4.75. The molecule has 0 radical (unpaired) electrons. The number of anilines is 1. The van der Waals surface area contributed by atoms with Crippen molar-refractivity contribution >= 4 is 11.6 Å². The van der Waals surface area contributed by atoms with Crippen LogP contribution in [0.3, 0.4) is 0 Å². The second kappa shape index (κ2) is 3.92. The first-order chi connectivity index (χ1) is 7.89. The first kappa shape index (κ1) is 11.7. The molecule has 0 spiro atoms. The summed E-state index contributed by atoms with van der Waals surface area (Å²) in [6.07, 6.45) is 0.553. The Morgan fingerprint density at radius 1 is 1.53 bits per heavy atom. The van der Waals surface area contributed by atoms with Gasteiger partial charge in [0.05, 0.1) is 11.2 Å². The molecule has 17 heavy (non-hydrogen) atoms. The van der Waals surface area contributed by atoms with E-state index in [9.17, 15) is 15.0 Å². The van der Waals surface area contributed by atoms with Crippen molar-refractivity contribution in [2.75, 3.05) is 18.8 Å². The Hall–Kier alpha value is -1.75. The molecule has 5 nitrogen and oxygen atoms in total. The van der Waals surface area contributed by atoms with E-state index in [-0.39, 0.29) is 17.2 Å². The topological polar surface area (TPSA) is 86.8 Å². The van der Waals surface area contributed by atoms with E-state index in [1.807, 2.05) is 0 Å². The number of nitrogens with zero attached hydrogens (tertiary/aromatic N) is 1. The van der Waals surface area contributed by atoms with Gasteiger partial charge in [-0.15, -0.1) is 0 Å². The zero-order valence-corrected chi connectivity index (χ0v) is 9.68. The molecule has 1 aromatic carbocycles. The summed E-state index contributed by atoms with van der Waals surface area (Å²) in [4.78, 5) is 13.7. The fourth-order valence-electron chi connectivity index (χ4n) is 2.02. The van der Waals surface area contributed by atoms with Crippen LogP contribution in [0.5, 0.6) is 5.75 Å². The monoisotopic (exact) mass is 236 g/mol. The maximum absolute atomic E-state index is 12.1.